The Morgan fingerprint density at radius 3 is 2.50 bits per heavy atom. The number of hydrogen-bond acceptors (Lipinski definition) is 6. The second-order valence-electron chi connectivity index (χ2n) is 9.15. The van der Waals surface area contributed by atoms with Crippen molar-refractivity contribution in [1.82, 2.24) is 5.32 Å². The Kier molecular flexibility index (Phi) is 7.26. The first-order chi connectivity index (χ1) is 16.3. The maximum atomic E-state index is 13.1. The summed E-state index contributed by atoms with van der Waals surface area (Å²) in [4.78, 5) is 24.4. The number of carboxylic acid groups (broad SMARTS) is 1. The Morgan fingerprint density at radius 2 is 1.82 bits per heavy atom. The van der Waals surface area contributed by atoms with Crippen molar-refractivity contribution in [1.29, 1.82) is 0 Å². The summed E-state index contributed by atoms with van der Waals surface area (Å²) in [5, 5.41) is 34.0. The van der Waals surface area contributed by atoms with Gasteiger partial charge in [-0.2, -0.15) is 0 Å². The number of phenolic OH excluding ortho intramolecular Hbond substituents is 2. The van der Waals surface area contributed by atoms with Gasteiger partial charge >= 0.3 is 5.97 Å². The van der Waals surface area contributed by atoms with Crippen LogP contribution in [0.3, 0.4) is 0 Å². The van der Waals surface area contributed by atoms with Crippen molar-refractivity contribution < 1.29 is 29.6 Å². The summed E-state index contributed by atoms with van der Waals surface area (Å²) in [7, 11) is 0. The lowest BCUT2D eigenvalue weighted by molar-refractivity contribution is -0.136. The zero-order valence-electron chi connectivity index (χ0n) is 19.5. The standard InChI is InChI=1S/C26H31NO6S/c1-14-4-7-18(15(2)12-14)33-10-3-9-27-26(32)22-23(30)20-16-5-6-17(13-16)21(20)24(31)25(22)34-11-8-19(28)29/h4,7,12,16-17,30-31H,3,5-6,8-11,13H2,1-2H3,(H,27,32)(H,28,29). The third-order valence-electron chi connectivity index (χ3n) is 6.71. The minimum absolute atomic E-state index is 0.0266. The highest BCUT2D eigenvalue weighted by Gasteiger charge is 2.43. The van der Waals surface area contributed by atoms with Crippen LogP contribution in [0.4, 0.5) is 0 Å². The van der Waals surface area contributed by atoms with Crippen molar-refractivity contribution in [3.8, 4) is 17.2 Å². The molecule has 182 valence electrons. The molecule has 2 aromatic rings. The molecule has 2 aliphatic rings. The molecule has 2 aliphatic carbocycles. The van der Waals surface area contributed by atoms with Gasteiger partial charge in [0.2, 0.25) is 0 Å². The van der Waals surface area contributed by atoms with Crippen LogP contribution in [0.1, 0.15) is 76.6 Å². The number of thioether (sulfide) groups is 1. The predicted molar refractivity (Wildman–Crippen MR) is 130 cm³/mol. The normalized spacial score (nSPS) is 18.1. The molecule has 0 heterocycles. The number of carboxylic acids is 1. The lowest BCUT2D eigenvalue weighted by atomic mass is 9.88. The van der Waals surface area contributed by atoms with Crippen molar-refractivity contribution in [2.24, 2.45) is 0 Å². The first-order valence-corrected chi connectivity index (χ1v) is 12.7. The number of phenols is 2. The molecule has 1 amide bonds. The molecule has 4 N–H and O–H groups in total. The molecule has 2 aromatic carbocycles. The van der Waals surface area contributed by atoms with Gasteiger partial charge in [0, 0.05) is 23.4 Å². The van der Waals surface area contributed by atoms with Crippen LogP contribution in [0.15, 0.2) is 23.1 Å². The minimum Gasteiger partial charge on any atom is -0.507 e. The van der Waals surface area contributed by atoms with Gasteiger partial charge < -0.3 is 25.4 Å². The summed E-state index contributed by atoms with van der Waals surface area (Å²) < 4.78 is 5.81. The Morgan fingerprint density at radius 1 is 1.12 bits per heavy atom. The minimum atomic E-state index is -0.953. The summed E-state index contributed by atoms with van der Waals surface area (Å²) in [6.07, 6.45) is 3.23. The molecule has 2 bridgehead atoms. The molecule has 34 heavy (non-hydrogen) atoms. The Hall–Kier alpha value is -2.87. The fourth-order valence-electron chi connectivity index (χ4n) is 5.17. The van der Waals surface area contributed by atoms with Gasteiger partial charge in [-0.3, -0.25) is 9.59 Å². The van der Waals surface area contributed by atoms with Gasteiger partial charge in [0.15, 0.2) is 0 Å². The number of rotatable bonds is 10. The molecule has 1 fully saturated rings. The number of aromatic hydroxyl groups is 2. The predicted octanol–water partition coefficient (Wildman–Crippen LogP) is 4.85. The van der Waals surface area contributed by atoms with Crippen LogP contribution in [-0.2, 0) is 4.79 Å². The van der Waals surface area contributed by atoms with Gasteiger partial charge in [-0.25, -0.2) is 0 Å². The Labute approximate surface area is 203 Å². The van der Waals surface area contributed by atoms with E-state index in [9.17, 15) is 19.8 Å². The highest BCUT2D eigenvalue weighted by Crippen LogP contribution is 2.61. The molecule has 0 saturated heterocycles. The van der Waals surface area contributed by atoms with Crippen molar-refractivity contribution in [2.75, 3.05) is 18.9 Å². The van der Waals surface area contributed by atoms with Crippen LogP contribution < -0.4 is 10.1 Å². The molecule has 0 radical (unpaired) electrons. The summed E-state index contributed by atoms with van der Waals surface area (Å²) in [5.41, 5.74) is 3.71. The van der Waals surface area contributed by atoms with E-state index in [1.54, 1.807) is 0 Å². The number of benzene rings is 2. The molecule has 8 heteroatoms. The monoisotopic (exact) mass is 485 g/mol. The Bertz CT molecular complexity index is 1120. The molecule has 0 aromatic heterocycles. The lowest BCUT2D eigenvalue weighted by Gasteiger charge is -2.23. The van der Waals surface area contributed by atoms with Crippen LogP contribution in [0.25, 0.3) is 0 Å². The molecular formula is C26H31NO6S. The molecule has 2 unspecified atom stereocenters. The average Bonchev–Trinajstić information content (AvgIpc) is 3.40. The van der Waals surface area contributed by atoms with Crippen LogP contribution in [0.5, 0.6) is 17.2 Å². The summed E-state index contributed by atoms with van der Waals surface area (Å²) in [5.74, 6) is -0.120. The van der Waals surface area contributed by atoms with Crippen LogP contribution >= 0.6 is 11.8 Å². The van der Waals surface area contributed by atoms with Gasteiger partial charge in [0.1, 0.15) is 17.2 Å². The topological polar surface area (TPSA) is 116 Å². The number of carbonyl (C=O) groups excluding carboxylic acids is 1. The van der Waals surface area contributed by atoms with Crippen molar-refractivity contribution in [2.45, 2.75) is 62.7 Å². The van der Waals surface area contributed by atoms with E-state index in [1.165, 1.54) is 5.56 Å². The second-order valence-corrected chi connectivity index (χ2v) is 10.3. The van der Waals surface area contributed by atoms with Crippen LogP contribution in [0.2, 0.25) is 0 Å². The number of amides is 1. The number of carbonyl (C=O) groups is 2. The van der Waals surface area contributed by atoms with Crippen molar-refractivity contribution in [3.63, 3.8) is 0 Å². The van der Waals surface area contributed by atoms with Crippen molar-refractivity contribution >= 4 is 23.6 Å². The van der Waals surface area contributed by atoms with E-state index >= 15 is 0 Å². The smallest absolute Gasteiger partial charge is 0.304 e. The third kappa shape index (κ3) is 4.82. The van der Waals surface area contributed by atoms with E-state index in [0.29, 0.717) is 25.1 Å². The fourth-order valence-corrected chi connectivity index (χ4v) is 6.23. The van der Waals surface area contributed by atoms with E-state index < -0.39 is 11.9 Å². The number of aryl methyl sites for hydroxylation is 2. The second kappa shape index (κ2) is 10.2. The van der Waals surface area contributed by atoms with E-state index in [2.05, 4.69) is 11.4 Å². The van der Waals surface area contributed by atoms with Gasteiger partial charge in [-0.15, -0.1) is 11.8 Å². The highest BCUT2D eigenvalue weighted by molar-refractivity contribution is 7.99. The molecule has 4 rings (SSSR count). The Balaban J connectivity index is 1.46. The maximum Gasteiger partial charge on any atom is 0.304 e. The van der Waals surface area contributed by atoms with Crippen LogP contribution in [0, 0.1) is 13.8 Å². The molecule has 7 nitrogen and oxygen atoms in total. The highest BCUT2D eigenvalue weighted by atomic mass is 32.2. The number of nitrogens with one attached hydrogen (secondary N) is 1. The summed E-state index contributed by atoms with van der Waals surface area (Å²) >= 11 is 1.11. The van der Waals surface area contributed by atoms with E-state index in [0.717, 1.165) is 47.9 Å². The third-order valence-corrected chi connectivity index (χ3v) is 7.81. The molecular weight excluding hydrogens is 454 g/mol. The first kappa shape index (κ1) is 24.3. The number of fused-ring (bicyclic) bond motifs is 5. The van der Waals surface area contributed by atoms with E-state index in [1.807, 2.05) is 26.0 Å². The zero-order chi connectivity index (χ0) is 24.4. The summed E-state index contributed by atoms with van der Waals surface area (Å²) in [6, 6.07) is 5.97. The van der Waals surface area contributed by atoms with Crippen LogP contribution in [-0.4, -0.2) is 46.1 Å². The number of ether oxygens (including phenoxy) is 1. The summed E-state index contributed by atoms with van der Waals surface area (Å²) in [6.45, 7) is 4.78. The largest absolute Gasteiger partial charge is 0.507 e. The average molecular weight is 486 g/mol. The first-order valence-electron chi connectivity index (χ1n) is 11.7. The molecule has 1 saturated carbocycles. The maximum absolute atomic E-state index is 13.1. The molecule has 2 atom stereocenters. The van der Waals surface area contributed by atoms with Gasteiger partial charge in [0.05, 0.1) is 23.5 Å². The number of hydrogen-bond donors (Lipinski definition) is 4. The van der Waals surface area contributed by atoms with E-state index in [-0.39, 0.29) is 46.0 Å². The fraction of sp³-hybridized carbons (Fsp3) is 0.462. The number of aliphatic carboxylic acids is 1. The molecule has 0 aliphatic heterocycles. The SMILES string of the molecule is Cc1ccc(OCCCNC(=O)c2c(O)c3c(c(O)c2SCCC(=O)O)C2CCC3C2)c(C)c1. The van der Waals surface area contributed by atoms with Gasteiger partial charge in [-0.1, -0.05) is 17.7 Å². The molecule has 0 spiro atoms. The quantitative estimate of drug-likeness (QED) is 0.216. The van der Waals surface area contributed by atoms with E-state index in [4.69, 9.17) is 9.84 Å². The van der Waals surface area contributed by atoms with Crippen molar-refractivity contribution in [3.05, 3.63) is 46.0 Å². The van der Waals surface area contributed by atoms with Gasteiger partial charge in [-0.05, 0) is 63.0 Å². The zero-order valence-corrected chi connectivity index (χ0v) is 20.3. The van der Waals surface area contributed by atoms with Gasteiger partial charge in [0.25, 0.3) is 5.91 Å². The lowest BCUT2D eigenvalue weighted by Crippen LogP contribution is -2.27.